The molecule has 23 heavy (non-hydrogen) atoms. The van der Waals surface area contributed by atoms with Crippen LogP contribution in [0, 0.1) is 0 Å². The molecule has 1 aliphatic carbocycles. The molecule has 1 N–H and O–H groups in total. The molecule has 124 valence electrons. The lowest BCUT2D eigenvalue weighted by atomic mass is 9.87. The molecule has 0 saturated heterocycles. The van der Waals surface area contributed by atoms with E-state index in [9.17, 15) is 0 Å². The fourth-order valence-electron chi connectivity index (χ4n) is 3.65. The number of aryl methyl sites for hydroxylation is 2. The molecule has 0 radical (unpaired) electrons. The van der Waals surface area contributed by atoms with E-state index in [1.165, 1.54) is 36.0 Å². The number of ether oxygens (including phenoxy) is 1. The molecular formula is C19H27N3O. The molecule has 0 saturated carbocycles. The van der Waals surface area contributed by atoms with Gasteiger partial charge in [-0.25, -0.2) is 4.68 Å². The van der Waals surface area contributed by atoms with E-state index in [2.05, 4.69) is 48.5 Å². The summed E-state index contributed by atoms with van der Waals surface area (Å²) in [5, 5.41) is 8.38. The van der Waals surface area contributed by atoms with E-state index in [0.29, 0.717) is 12.0 Å². The fourth-order valence-corrected chi connectivity index (χ4v) is 3.65. The highest BCUT2D eigenvalue weighted by atomic mass is 16.5. The number of rotatable bonds is 5. The highest BCUT2D eigenvalue weighted by Gasteiger charge is 2.23. The van der Waals surface area contributed by atoms with Gasteiger partial charge in [-0.3, -0.25) is 0 Å². The summed E-state index contributed by atoms with van der Waals surface area (Å²) in [7, 11) is 3.67. The van der Waals surface area contributed by atoms with E-state index < -0.39 is 0 Å². The molecule has 0 unspecified atom stereocenters. The maximum Gasteiger partial charge on any atom is 0.216 e. The Kier molecular flexibility index (Phi) is 4.71. The fraction of sp³-hybridized carbons (Fsp3) is 0.526. The first-order valence-corrected chi connectivity index (χ1v) is 8.52. The molecular weight excluding hydrogens is 286 g/mol. The van der Waals surface area contributed by atoms with Crippen molar-refractivity contribution >= 4 is 0 Å². The van der Waals surface area contributed by atoms with E-state index in [1.807, 2.05) is 11.7 Å². The summed E-state index contributed by atoms with van der Waals surface area (Å²) in [6.07, 6.45) is 3.63. The van der Waals surface area contributed by atoms with Gasteiger partial charge < -0.3 is 10.1 Å². The topological polar surface area (TPSA) is 39.1 Å². The van der Waals surface area contributed by atoms with Crippen molar-refractivity contribution in [1.82, 2.24) is 15.1 Å². The van der Waals surface area contributed by atoms with E-state index in [0.717, 1.165) is 18.1 Å². The summed E-state index contributed by atoms with van der Waals surface area (Å²) in [4.78, 5) is 0. The molecule has 0 fully saturated rings. The minimum absolute atomic E-state index is 0.389. The predicted molar refractivity (Wildman–Crippen MR) is 92.8 cm³/mol. The van der Waals surface area contributed by atoms with Crippen molar-refractivity contribution in [3.8, 4) is 5.88 Å². The molecule has 1 aliphatic rings. The smallest absolute Gasteiger partial charge is 0.216 e. The molecule has 4 heteroatoms. The Bertz CT molecular complexity index is 675. The van der Waals surface area contributed by atoms with Gasteiger partial charge in [-0.1, -0.05) is 38.1 Å². The van der Waals surface area contributed by atoms with Gasteiger partial charge in [-0.05, 0) is 36.3 Å². The molecule has 1 aromatic heterocycles. The van der Waals surface area contributed by atoms with Crippen molar-refractivity contribution in [3.05, 3.63) is 46.6 Å². The second-order valence-electron chi connectivity index (χ2n) is 6.68. The van der Waals surface area contributed by atoms with Crippen molar-refractivity contribution in [2.75, 3.05) is 7.11 Å². The Labute approximate surface area is 138 Å². The zero-order chi connectivity index (χ0) is 16.4. The average Bonchev–Trinajstić information content (AvgIpc) is 2.88. The molecule has 1 aromatic carbocycles. The standard InChI is InChI=1S/C19H27N3O/c1-13(2)18-16(19(23-4)22(3)21-18)12-20-17-11-7-9-14-8-5-6-10-15(14)17/h5-6,8,10,13,17,20H,7,9,11-12H2,1-4H3/t17-/m0/s1. The van der Waals surface area contributed by atoms with Gasteiger partial charge in [0.2, 0.25) is 5.88 Å². The van der Waals surface area contributed by atoms with Gasteiger partial charge in [-0.2, -0.15) is 5.10 Å². The van der Waals surface area contributed by atoms with Gasteiger partial charge in [0.1, 0.15) is 0 Å². The first-order chi connectivity index (χ1) is 11.1. The van der Waals surface area contributed by atoms with Crippen LogP contribution in [0.5, 0.6) is 5.88 Å². The molecule has 1 atom stereocenters. The minimum atomic E-state index is 0.389. The zero-order valence-corrected chi connectivity index (χ0v) is 14.6. The first kappa shape index (κ1) is 16.1. The molecule has 0 spiro atoms. The third-order valence-electron chi connectivity index (χ3n) is 4.75. The van der Waals surface area contributed by atoms with Gasteiger partial charge in [0, 0.05) is 19.6 Å². The third kappa shape index (κ3) is 3.13. The van der Waals surface area contributed by atoms with Gasteiger partial charge in [0.25, 0.3) is 0 Å². The quantitative estimate of drug-likeness (QED) is 0.914. The minimum Gasteiger partial charge on any atom is -0.481 e. The van der Waals surface area contributed by atoms with E-state index in [4.69, 9.17) is 4.74 Å². The molecule has 4 nitrogen and oxygen atoms in total. The second kappa shape index (κ2) is 6.75. The summed E-state index contributed by atoms with van der Waals surface area (Å²) < 4.78 is 7.43. The van der Waals surface area contributed by atoms with Crippen LogP contribution in [0.15, 0.2) is 24.3 Å². The number of benzene rings is 1. The number of hydrogen-bond donors (Lipinski definition) is 1. The van der Waals surface area contributed by atoms with Crippen molar-refractivity contribution in [2.24, 2.45) is 7.05 Å². The molecule has 0 amide bonds. The van der Waals surface area contributed by atoms with Crippen LogP contribution in [0.4, 0.5) is 0 Å². The Morgan fingerprint density at radius 2 is 2.13 bits per heavy atom. The number of hydrogen-bond acceptors (Lipinski definition) is 3. The Morgan fingerprint density at radius 1 is 1.35 bits per heavy atom. The average molecular weight is 313 g/mol. The van der Waals surface area contributed by atoms with Gasteiger partial charge >= 0.3 is 0 Å². The van der Waals surface area contributed by atoms with Crippen LogP contribution in [0.25, 0.3) is 0 Å². The Hall–Kier alpha value is -1.81. The lowest BCUT2D eigenvalue weighted by Gasteiger charge is -2.26. The monoisotopic (exact) mass is 313 g/mol. The van der Waals surface area contributed by atoms with Crippen molar-refractivity contribution in [3.63, 3.8) is 0 Å². The molecule has 0 aliphatic heterocycles. The van der Waals surface area contributed by atoms with Gasteiger partial charge in [-0.15, -0.1) is 0 Å². The van der Waals surface area contributed by atoms with Crippen LogP contribution in [0.2, 0.25) is 0 Å². The normalized spacial score (nSPS) is 17.3. The number of nitrogens with one attached hydrogen (secondary N) is 1. The third-order valence-corrected chi connectivity index (χ3v) is 4.75. The van der Waals surface area contributed by atoms with Crippen LogP contribution in [-0.2, 0) is 20.0 Å². The summed E-state index contributed by atoms with van der Waals surface area (Å²) in [6, 6.07) is 9.22. The van der Waals surface area contributed by atoms with Crippen LogP contribution in [0.3, 0.4) is 0 Å². The van der Waals surface area contributed by atoms with Crippen molar-refractivity contribution in [2.45, 2.75) is 51.6 Å². The highest BCUT2D eigenvalue weighted by molar-refractivity contribution is 5.35. The molecule has 1 heterocycles. The van der Waals surface area contributed by atoms with Gasteiger partial charge in [0.15, 0.2) is 0 Å². The number of aromatic nitrogens is 2. The maximum absolute atomic E-state index is 5.58. The largest absolute Gasteiger partial charge is 0.481 e. The van der Waals surface area contributed by atoms with Crippen molar-refractivity contribution in [1.29, 1.82) is 0 Å². The predicted octanol–water partition coefficient (Wildman–Crippen LogP) is 3.72. The number of nitrogens with zero attached hydrogens (tertiary/aromatic N) is 2. The second-order valence-corrected chi connectivity index (χ2v) is 6.68. The molecule has 2 aromatic rings. The van der Waals surface area contributed by atoms with Crippen LogP contribution >= 0.6 is 0 Å². The van der Waals surface area contributed by atoms with Crippen LogP contribution < -0.4 is 10.1 Å². The lowest BCUT2D eigenvalue weighted by molar-refractivity contribution is 0.365. The molecule has 0 bridgehead atoms. The zero-order valence-electron chi connectivity index (χ0n) is 14.6. The summed E-state index contributed by atoms with van der Waals surface area (Å²) in [5.74, 6) is 1.26. The Balaban J connectivity index is 1.82. The van der Waals surface area contributed by atoms with Gasteiger partial charge in [0.05, 0.1) is 18.4 Å². The summed E-state index contributed by atoms with van der Waals surface area (Å²) in [5.41, 5.74) is 5.25. The SMILES string of the molecule is COc1c(CN[C@H]2CCCc3ccccc32)c(C(C)C)nn1C. The Morgan fingerprint density at radius 3 is 2.87 bits per heavy atom. The molecule has 3 rings (SSSR count). The highest BCUT2D eigenvalue weighted by Crippen LogP contribution is 2.32. The number of methoxy groups -OCH3 is 1. The van der Waals surface area contributed by atoms with E-state index >= 15 is 0 Å². The van der Waals surface area contributed by atoms with Crippen LogP contribution in [-0.4, -0.2) is 16.9 Å². The lowest BCUT2D eigenvalue weighted by Crippen LogP contribution is -2.25. The maximum atomic E-state index is 5.58. The number of fused-ring (bicyclic) bond motifs is 1. The van der Waals surface area contributed by atoms with E-state index in [1.54, 1.807) is 7.11 Å². The van der Waals surface area contributed by atoms with Crippen LogP contribution in [0.1, 0.15) is 61.0 Å². The van der Waals surface area contributed by atoms with E-state index in [-0.39, 0.29) is 0 Å². The summed E-state index contributed by atoms with van der Waals surface area (Å²) in [6.45, 7) is 5.16. The first-order valence-electron chi connectivity index (χ1n) is 8.52. The van der Waals surface area contributed by atoms with Crippen molar-refractivity contribution < 1.29 is 4.74 Å². The summed E-state index contributed by atoms with van der Waals surface area (Å²) >= 11 is 0.